The van der Waals surface area contributed by atoms with Gasteiger partial charge in [0.1, 0.15) is 5.82 Å². The van der Waals surface area contributed by atoms with Gasteiger partial charge in [-0.15, -0.1) is 0 Å². The van der Waals surface area contributed by atoms with Crippen LogP contribution in [0, 0.1) is 6.92 Å². The fraction of sp³-hybridized carbons (Fsp3) is 0.333. The minimum absolute atomic E-state index is 0.514. The van der Waals surface area contributed by atoms with Crippen molar-refractivity contribution in [3.05, 3.63) is 29.6 Å². The minimum Gasteiger partial charge on any atom is -0.342 e. The number of aromatic nitrogens is 2. The molecule has 0 aliphatic rings. The maximum absolute atomic E-state index is 10.5. The second kappa shape index (κ2) is 4.75. The van der Waals surface area contributed by atoms with Crippen LogP contribution in [-0.4, -0.2) is 21.5 Å². The van der Waals surface area contributed by atoms with Gasteiger partial charge in [0.05, 0.1) is 11.0 Å². The van der Waals surface area contributed by atoms with Gasteiger partial charge in [-0.25, -0.2) is 4.98 Å². The highest BCUT2D eigenvalue weighted by Gasteiger charge is 2.04. The SMILES string of the molecule is Cc1nc2cc(CCNC(=O)Cl)ccc2n1C. The molecule has 0 spiro atoms. The van der Waals surface area contributed by atoms with E-state index in [4.69, 9.17) is 11.6 Å². The summed E-state index contributed by atoms with van der Waals surface area (Å²) in [6.45, 7) is 2.52. The van der Waals surface area contributed by atoms with E-state index in [1.807, 2.05) is 32.2 Å². The Balaban J connectivity index is 2.17. The number of nitrogens with zero attached hydrogens (tertiary/aromatic N) is 2. The third kappa shape index (κ3) is 2.58. The second-order valence-corrected chi connectivity index (χ2v) is 4.33. The second-order valence-electron chi connectivity index (χ2n) is 3.99. The van der Waals surface area contributed by atoms with E-state index in [1.165, 1.54) is 0 Å². The predicted octanol–water partition coefficient (Wildman–Crippen LogP) is 2.37. The summed E-state index contributed by atoms with van der Waals surface area (Å²) in [4.78, 5) is 15.0. The number of fused-ring (bicyclic) bond motifs is 1. The zero-order chi connectivity index (χ0) is 12.4. The first kappa shape index (κ1) is 11.9. The van der Waals surface area contributed by atoms with Crippen molar-refractivity contribution in [2.75, 3.05) is 6.54 Å². The number of carbonyl (C=O) groups is 1. The number of hydrogen-bond donors (Lipinski definition) is 1. The standard InChI is InChI=1S/C12H14ClN3O/c1-8-15-10-7-9(5-6-14-12(13)17)3-4-11(10)16(8)2/h3-4,7H,5-6H2,1-2H3,(H,14,17). The van der Waals surface area contributed by atoms with Gasteiger partial charge in [0, 0.05) is 13.6 Å². The Morgan fingerprint density at radius 3 is 3.00 bits per heavy atom. The Bertz CT molecular complexity index is 562. The molecule has 1 N–H and O–H groups in total. The first-order chi connectivity index (χ1) is 8.08. The minimum atomic E-state index is -0.514. The Hall–Kier alpha value is -1.55. The van der Waals surface area contributed by atoms with Crippen LogP contribution in [-0.2, 0) is 13.5 Å². The number of benzene rings is 1. The molecule has 2 rings (SSSR count). The molecule has 0 saturated carbocycles. The van der Waals surface area contributed by atoms with Crippen LogP contribution in [0.4, 0.5) is 4.79 Å². The average molecular weight is 252 g/mol. The molecule has 1 amide bonds. The van der Waals surface area contributed by atoms with Crippen molar-refractivity contribution in [3.8, 4) is 0 Å². The van der Waals surface area contributed by atoms with Crippen LogP contribution in [0.25, 0.3) is 11.0 Å². The molecule has 2 aromatic rings. The van der Waals surface area contributed by atoms with Crippen LogP contribution in [0.1, 0.15) is 11.4 Å². The summed E-state index contributed by atoms with van der Waals surface area (Å²) in [7, 11) is 2.00. The van der Waals surface area contributed by atoms with E-state index in [-0.39, 0.29) is 0 Å². The quantitative estimate of drug-likeness (QED) is 0.673. The molecule has 0 aliphatic carbocycles. The first-order valence-electron chi connectivity index (χ1n) is 5.43. The Morgan fingerprint density at radius 2 is 2.29 bits per heavy atom. The molecule has 0 radical (unpaired) electrons. The molecule has 0 atom stereocenters. The molecule has 0 unspecified atom stereocenters. The number of carbonyl (C=O) groups excluding carboxylic acids is 1. The molecule has 1 heterocycles. The van der Waals surface area contributed by atoms with Crippen LogP contribution in [0.5, 0.6) is 0 Å². The highest BCUT2D eigenvalue weighted by Crippen LogP contribution is 2.16. The zero-order valence-corrected chi connectivity index (χ0v) is 10.6. The lowest BCUT2D eigenvalue weighted by Crippen LogP contribution is -2.19. The van der Waals surface area contributed by atoms with Gasteiger partial charge in [-0.1, -0.05) is 6.07 Å². The molecule has 4 nitrogen and oxygen atoms in total. The summed E-state index contributed by atoms with van der Waals surface area (Å²) in [6, 6.07) is 6.14. The lowest BCUT2D eigenvalue weighted by atomic mass is 10.1. The molecule has 17 heavy (non-hydrogen) atoms. The number of amides is 1. The first-order valence-corrected chi connectivity index (χ1v) is 5.81. The summed E-state index contributed by atoms with van der Waals surface area (Å²) in [5.74, 6) is 0.992. The van der Waals surface area contributed by atoms with Crippen molar-refractivity contribution in [1.82, 2.24) is 14.9 Å². The smallest absolute Gasteiger partial charge is 0.313 e. The van der Waals surface area contributed by atoms with E-state index >= 15 is 0 Å². The molecular weight excluding hydrogens is 238 g/mol. The van der Waals surface area contributed by atoms with Gasteiger partial charge in [0.15, 0.2) is 0 Å². The van der Waals surface area contributed by atoms with E-state index in [0.29, 0.717) is 6.54 Å². The van der Waals surface area contributed by atoms with Crippen molar-refractivity contribution in [2.24, 2.45) is 7.05 Å². The summed E-state index contributed by atoms with van der Waals surface area (Å²) in [6.07, 6.45) is 0.754. The molecule has 5 heteroatoms. The van der Waals surface area contributed by atoms with Gasteiger partial charge >= 0.3 is 5.37 Å². The molecular formula is C12H14ClN3O. The molecule has 1 aromatic heterocycles. The van der Waals surface area contributed by atoms with E-state index in [1.54, 1.807) is 0 Å². The van der Waals surface area contributed by atoms with Crippen LogP contribution < -0.4 is 5.32 Å². The fourth-order valence-electron chi connectivity index (χ4n) is 1.83. The number of imidazole rings is 1. The molecule has 0 aliphatic heterocycles. The normalized spacial score (nSPS) is 10.8. The highest BCUT2D eigenvalue weighted by molar-refractivity contribution is 6.62. The largest absolute Gasteiger partial charge is 0.342 e. The van der Waals surface area contributed by atoms with Gasteiger partial charge in [-0.05, 0) is 42.6 Å². The fourth-order valence-corrected chi connectivity index (χ4v) is 1.92. The molecule has 90 valence electrons. The molecule has 0 saturated heterocycles. The van der Waals surface area contributed by atoms with Gasteiger partial charge < -0.3 is 9.88 Å². The summed E-state index contributed by atoms with van der Waals surface area (Å²) >= 11 is 5.20. The van der Waals surface area contributed by atoms with Crippen molar-refractivity contribution in [1.29, 1.82) is 0 Å². The maximum Gasteiger partial charge on any atom is 0.313 e. The van der Waals surface area contributed by atoms with Crippen molar-refractivity contribution in [2.45, 2.75) is 13.3 Å². The number of hydrogen-bond acceptors (Lipinski definition) is 2. The van der Waals surface area contributed by atoms with E-state index in [0.717, 1.165) is 28.8 Å². The lowest BCUT2D eigenvalue weighted by Gasteiger charge is -2.02. The van der Waals surface area contributed by atoms with Crippen LogP contribution in [0.2, 0.25) is 0 Å². The van der Waals surface area contributed by atoms with Crippen molar-refractivity contribution < 1.29 is 4.79 Å². The van der Waals surface area contributed by atoms with Gasteiger partial charge in [-0.3, -0.25) is 4.79 Å². The van der Waals surface area contributed by atoms with Crippen LogP contribution >= 0.6 is 11.6 Å². The topological polar surface area (TPSA) is 46.9 Å². The molecule has 0 fully saturated rings. The number of halogens is 1. The molecule has 0 bridgehead atoms. The summed E-state index contributed by atoms with van der Waals surface area (Å²) in [5.41, 5.74) is 3.24. The zero-order valence-electron chi connectivity index (χ0n) is 9.83. The predicted molar refractivity (Wildman–Crippen MR) is 68.4 cm³/mol. The Kier molecular flexibility index (Phi) is 3.33. The van der Waals surface area contributed by atoms with Crippen LogP contribution in [0.15, 0.2) is 18.2 Å². The third-order valence-corrected chi connectivity index (χ3v) is 2.98. The summed E-state index contributed by atoms with van der Waals surface area (Å²) in [5, 5.41) is 2.05. The van der Waals surface area contributed by atoms with E-state index in [2.05, 4.69) is 14.9 Å². The van der Waals surface area contributed by atoms with E-state index in [9.17, 15) is 4.79 Å². The Morgan fingerprint density at radius 1 is 1.53 bits per heavy atom. The van der Waals surface area contributed by atoms with Crippen LogP contribution in [0.3, 0.4) is 0 Å². The maximum atomic E-state index is 10.5. The monoisotopic (exact) mass is 251 g/mol. The highest BCUT2D eigenvalue weighted by atomic mass is 35.5. The number of nitrogens with one attached hydrogen (secondary N) is 1. The van der Waals surface area contributed by atoms with Gasteiger partial charge in [0.25, 0.3) is 0 Å². The average Bonchev–Trinajstić information content (AvgIpc) is 2.54. The number of rotatable bonds is 3. The Labute approximate surface area is 105 Å². The molecule has 1 aromatic carbocycles. The van der Waals surface area contributed by atoms with Gasteiger partial charge in [0.2, 0.25) is 0 Å². The van der Waals surface area contributed by atoms with E-state index < -0.39 is 5.37 Å². The van der Waals surface area contributed by atoms with Gasteiger partial charge in [-0.2, -0.15) is 0 Å². The lowest BCUT2D eigenvalue weighted by molar-refractivity contribution is 0.260. The van der Waals surface area contributed by atoms with Crippen molar-refractivity contribution >= 4 is 28.0 Å². The van der Waals surface area contributed by atoms with Crippen molar-refractivity contribution in [3.63, 3.8) is 0 Å². The summed E-state index contributed by atoms with van der Waals surface area (Å²) < 4.78 is 2.06. The number of aryl methyl sites for hydroxylation is 2. The third-order valence-electron chi connectivity index (χ3n) is 2.85.